The number of aryl methyl sites for hydroxylation is 1. The third kappa shape index (κ3) is 0.766. The van der Waals surface area contributed by atoms with Gasteiger partial charge in [0.15, 0.2) is 0 Å². The standard InChI is InChI=1S/C8H8O/c1-2-4-8-7(3-1)5-6-9-8/h5-6H,1-3H2. The van der Waals surface area contributed by atoms with E-state index >= 15 is 0 Å². The Balaban J connectivity index is 2.39. The van der Waals surface area contributed by atoms with Crippen molar-refractivity contribution in [2.75, 3.05) is 0 Å². The van der Waals surface area contributed by atoms with Crippen molar-refractivity contribution in [3.8, 4) is 0 Å². The maximum atomic E-state index is 5.14. The maximum Gasteiger partial charge on any atom is 0.115 e. The molecule has 1 nitrogen and oxygen atoms in total. The minimum absolute atomic E-state index is 0.973. The summed E-state index contributed by atoms with van der Waals surface area (Å²) < 4.78 is 5.14. The summed E-state index contributed by atoms with van der Waals surface area (Å²) in [4.78, 5) is 0. The van der Waals surface area contributed by atoms with Gasteiger partial charge < -0.3 is 4.42 Å². The summed E-state index contributed by atoms with van der Waals surface area (Å²) in [6.07, 6.45) is 8.37. The molecule has 1 aliphatic rings. The molecule has 2 radical (unpaired) electrons. The Morgan fingerprint density at radius 3 is 3.44 bits per heavy atom. The highest BCUT2D eigenvalue weighted by Crippen LogP contribution is 2.22. The van der Waals surface area contributed by atoms with Crippen LogP contribution in [0.2, 0.25) is 0 Å². The third-order valence-electron chi connectivity index (χ3n) is 1.66. The largest absolute Gasteiger partial charge is 0.468 e. The van der Waals surface area contributed by atoms with Gasteiger partial charge in [0, 0.05) is 0 Å². The lowest BCUT2D eigenvalue weighted by atomic mass is 9.99. The van der Waals surface area contributed by atoms with Gasteiger partial charge >= 0.3 is 0 Å². The highest BCUT2D eigenvalue weighted by molar-refractivity contribution is 5.25. The van der Waals surface area contributed by atoms with Gasteiger partial charge in [-0.15, -0.1) is 0 Å². The molecule has 0 bridgehead atoms. The van der Waals surface area contributed by atoms with E-state index in [0.29, 0.717) is 0 Å². The molecule has 0 fully saturated rings. The van der Waals surface area contributed by atoms with Crippen molar-refractivity contribution >= 4 is 0 Å². The Labute approximate surface area is 54.7 Å². The Morgan fingerprint density at radius 1 is 1.56 bits per heavy atom. The molecule has 9 heavy (non-hydrogen) atoms. The van der Waals surface area contributed by atoms with E-state index in [1.165, 1.54) is 18.4 Å². The molecule has 1 aliphatic carbocycles. The summed E-state index contributed by atoms with van der Waals surface area (Å²) in [7, 11) is 0. The van der Waals surface area contributed by atoms with E-state index in [0.717, 1.165) is 12.2 Å². The Bertz CT molecular complexity index is 180. The van der Waals surface area contributed by atoms with Crippen LogP contribution in [0.5, 0.6) is 0 Å². The molecule has 1 heteroatoms. The fourth-order valence-electron chi connectivity index (χ4n) is 1.17. The van der Waals surface area contributed by atoms with Gasteiger partial charge in [-0.1, -0.05) is 0 Å². The highest BCUT2D eigenvalue weighted by atomic mass is 16.3. The fraction of sp³-hybridized carbons (Fsp3) is 0.375. The minimum atomic E-state index is 0.973. The van der Waals surface area contributed by atoms with Crippen molar-refractivity contribution in [2.45, 2.75) is 19.3 Å². The summed E-state index contributed by atoms with van der Waals surface area (Å²) in [6, 6.07) is 2.03. The summed E-state index contributed by atoms with van der Waals surface area (Å²) >= 11 is 0. The van der Waals surface area contributed by atoms with Gasteiger partial charge in [0.1, 0.15) is 5.76 Å². The van der Waals surface area contributed by atoms with Gasteiger partial charge in [-0.3, -0.25) is 0 Å². The van der Waals surface area contributed by atoms with Crippen LogP contribution in [-0.4, -0.2) is 0 Å². The summed E-state index contributed by atoms with van der Waals surface area (Å²) in [5.41, 5.74) is 1.32. The van der Waals surface area contributed by atoms with Crippen molar-refractivity contribution in [2.24, 2.45) is 0 Å². The molecule has 46 valence electrons. The van der Waals surface area contributed by atoms with Gasteiger partial charge in [-0.2, -0.15) is 0 Å². The van der Waals surface area contributed by atoms with E-state index in [1.54, 1.807) is 6.26 Å². The van der Waals surface area contributed by atoms with Gasteiger partial charge in [0.05, 0.1) is 12.7 Å². The van der Waals surface area contributed by atoms with Crippen molar-refractivity contribution in [1.82, 2.24) is 0 Å². The van der Waals surface area contributed by atoms with E-state index in [4.69, 9.17) is 4.42 Å². The Hall–Kier alpha value is -0.720. The molecule has 0 amide bonds. The second-order valence-corrected chi connectivity index (χ2v) is 2.31. The van der Waals surface area contributed by atoms with Crippen molar-refractivity contribution in [1.29, 1.82) is 0 Å². The van der Waals surface area contributed by atoms with Crippen LogP contribution in [0.4, 0.5) is 0 Å². The molecule has 1 aromatic heterocycles. The fourth-order valence-corrected chi connectivity index (χ4v) is 1.17. The van der Waals surface area contributed by atoms with Gasteiger partial charge in [-0.25, -0.2) is 0 Å². The zero-order valence-electron chi connectivity index (χ0n) is 5.18. The summed E-state index contributed by atoms with van der Waals surface area (Å²) in [5.74, 6) is 0.973. The quantitative estimate of drug-likeness (QED) is 0.510. The van der Waals surface area contributed by atoms with Crippen LogP contribution in [-0.2, 0) is 6.42 Å². The van der Waals surface area contributed by atoms with E-state index in [9.17, 15) is 0 Å². The first kappa shape index (κ1) is 5.10. The van der Waals surface area contributed by atoms with E-state index in [1.807, 2.05) is 6.07 Å². The van der Waals surface area contributed by atoms with E-state index < -0.39 is 0 Å². The smallest absolute Gasteiger partial charge is 0.115 e. The average molecular weight is 120 g/mol. The third-order valence-corrected chi connectivity index (χ3v) is 1.66. The second kappa shape index (κ2) is 1.90. The van der Waals surface area contributed by atoms with Crippen LogP contribution in [0.3, 0.4) is 0 Å². The Morgan fingerprint density at radius 2 is 2.56 bits per heavy atom. The minimum Gasteiger partial charge on any atom is -0.468 e. The van der Waals surface area contributed by atoms with Crippen molar-refractivity contribution in [3.63, 3.8) is 0 Å². The molecule has 2 rings (SSSR count). The molecule has 0 aliphatic heterocycles. The first-order valence-corrected chi connectivity index (χ1v) is 3.27. The average Bonchev–Trinajstić information content (AvgIpc) is 2.33. The number of furan rings is 1. The predicted molar refractivity (Wildman–Crippen MR) is 34.0 cm³/mol. The molecule has 1 heterocycles. The highest BCUT2D eigenvalue weighted by Gasteiger charge is 2.11. The molecule has 0 spiro atoms. The molecule has 0 atom stereocenters. The zero-order chi connectivity index (χ0) is 6.10. The molecule has 1 aromatic rings. The molecule has 0 N–H and O–H groups in total. The van der Waals surface area contributed by atoms with Crippen LogP contribution in [0.15, 0.2) is 16.7 Å². The van der Waals surface area contributed by atoms with E-state index in [2.05, 4.69) is 6.42 Å². The lowest BCUT2D eigenvalue weighted by molar-refractivity contribution is 0.519. The molecule has 0 unspecified atom stereocenters. The first-order chi connectivity index (χ1) is 4.47. The topological polar surface area (TPSA) is 13.1 Å². The van der Waals surface area contributed by atoms with Gasteiger partial charge in [0.25, 0.3) is 0 Å². The lowest BCUT2D eigenvalue weighted by Crippen LogP contribution is -1.95. The second-order valence-electron chi connectivity index (χ2n) is 2.31. The molecule has 0 aromatic carbocycles. The maximum absolute atomic E-state index is 5.14. The van der Waals surface area contributed by atoms with Crippen LogP contribution in [0.25, 0.3) is 0 Å². The molecular formula is C8H8O. The molecule has 0 saturated heterocycles. The monoisotopic (exact) mass is 120 g/mol. The number of hydrogen-bond acceptors (Lipinski definition) is 1. The van der Waals surface area contributed by atoms with E-state index in [-0.39, 0.29) is 0 Å². The first-order valence-electron chi connectivity index (χ1n) is 3.27. The van der Waals surface area contributed by atoms with Crippen LogP contribution >= 0.6 is 0 Å². The van der Waals surface area contributed by atoms with Crippen LogP contribution in [0, 0.1) is 6.42 Å². The van der Waals surface area contributed by atoms with Crippen LogP contribution < -0.4 is 0 Å². The predicted octanol–water partition coefficient (Wildman–Crippen LogP) is 2.05. The normalized spacial score (nSPS) is 17.3. The van der Waals surface area contributed by atoms with Gasteiger partial charge in [0.2, 0.25) is 0 Å². The number of hydrogen-bond donors (Lipinski definition) is 0. The molecular weight excluding hydrogens is 112 g/mol. The number of rotatable bonds is 0. The lowest BCUT2D eigenvalue weighted by Gasteiger charge is -2.06. The zero-order valence-corrected chi connectivity index (χ0v) is 5.18. The van der Waals surface area contributed by atoms with Crippen LogP contribution in [0.1, 0.15) is 24.2 Å². The summed E-state index contributed by atoms with van der Waals surface area (Å²) in [5, 5.41) is 0. The van der Waals surface area contributed by atoms with Gasteiger partial charge in [-0.05, 0) is 30.9 Å². The van der Waals surface area contributed by atoms with Crippen molar-refractivity contribution in [3.05, 3.63) is 30.1 Å². The molecule has 0 saturated carbocycles. The SMILES string of the molecule is [C]1CCCc2ccoc21. The number of fused-ring (bicyclic) bond motifs is 1. The van der Waals surface area contributed by atoms with Crippen molar-refractivity contribution < 1.29 is 4.42 Å². The Kier molecular flexibility index (Phi) is 1.08. The summed E-state index contributed by atoms with van der Waals surface area (Å²) in [6.45, 7) is 0.